The molecular weight excluding hydrogens is 504 g/mol. The van der Waals surface area contributed by atoms with Gasteiger partial charge in [0.25, 0.3) is 0 Å². The molecule has 0 amide bonds. The van der Waals surface area contributed by atoms with Crippen molar-refractivity contribution < 1.29 is 22.3 Å². The van der Waals surface area contributed by atoms with Crippen LogP contribution in [0.25, 0.3) is 5.52 Å². The molecule has 0 aromatic carbocycles. The molecular formula is C26H36F4N6O2. The van der Waals surface area contributed by atoms with Crippen molar-refractivity contribution in [2.24, 2.45) is 11.3 Å². The summed E-state index contributed by atoms with van der Waals surface area (Å²) in [4.78, 5) is 17.6. The lowest BCUT2D eigenvalue weighted by Gasteiger charge is -2.51. The highest BCUT2D eigenvalue weighted by Gasteiger charge is 2.49. The summed E-state index contributed by atoms with van der Waals surface area (Å²) in [5, 5.41) is 0. The molecule has 6 rings (SSSR count). The van der Waals surface area contributed by atoms with Crippen LogP contribution in [0.3, 0.4) is 0 Å². The number of nitrogens with one attached hydrogen (secondary N) is 2. The lowest BCUT2D eigenvalue weighted by atomic mass is 9.64. The zero-order valence-corrected chi connectivity index (χ0v) is 21.6. The SMILES string of the molecule is CN1CNNC1CC1(C2CCCC(n3cc4c(C(F)(F)F)cc(CN5CC[C@H](F)C5)cn4c3=O)C2)COC1. The number of imidazole rings is 1. The highest BCUT2D eigenvalue weighted by Crippen LogP contribution is 2.49. The molecule has 4 fully saturated rings. The van der Waals surface area contributed by atoms with Crippen LogP contribution in [0.15, 0.2) is 23.3 Å². The Bertz CT molecular complexity index is 1220. The fraction of sp³-hybridized carbons (Fsp3) is 0.731. The van der Waals surface area contributed by atoms with Crippen molar-refractivity contribution in [2.75, 3.05) is 40.0 Å². The lowest BCUT2D eigenvalue weighted by Crippen LogP contribution is -2.54. The molecule has 38 heavy (non-hydrogen) atoms. The fourth-order valence-electron chi connectivity index (χ4n) is 6.98. The first-order valence-corrected chi connectivity index (χ1v) is 13.6. The van der Waals surface area contributed by atoms with Gasteiger partial charge in [0, 0.05) is 43.5 Å². The molecule has 3 saturated heterocycles. The molecule has 12 heteroatoms. The van der Waals surface area contributed by atoms with Crippen molar-refractivity contribution >= 4 is 5.52 Å². The third kappa shape index (κ3) is 4.78. The number of fused-ring (bicyclic) bond motifs is 1. The number of likely N-dealkylation sites (tertiary alicyclic amines) is 1. The molecule has 0 radical (unpaired) electrons. The maximum Gasteiger partial charge on any atom is 0.418 e. The van der Waals surface area contributed by atoms with Crippen molar-refractivity contribution in [3.8, 4) is 0 Å². The number of nitrogens with zero attached hydrogens (tertiary/aromatic N) is 4. The quantitative estimate of drug-likeness (QED) is 0.549. The summed E-state index contributed by atoms with van der Waals surface area (Å²) < 4.78 is 64.4. The van der Waals surface area contributed by atoms with Gasteiger partial charge in [-0.25, -0.2) is 20.0 Å². The Morgan fingerprint density at radius 2 is 2.00 bits per heavy atom. The molecule has 2 N–H and O–H groups in total. The summed E-state index contributed by atoms with van der Waals surface area (Å²) in [5.74, 6) is 0.321. The summed E-state index contributed by atoms with van der Waals surface area (Å²) in [6.45, 7) is 2.97. The third-order valence-corrected chi connectivity index (χ3v) is 9.19. The lowest BCUT2D eigenvalue weighted by molar-refractivity contribution is -0.167. The van der Waals surface area contributed by atoms with Gasteiger partial charge in [-0.3, -0.25) is 18.8 Å². The Kier molecular flexibility index (Phi) is 6.83. The number of pyridine rings is 1. The number of rotatable bonds is 6. The summed E-state index contributed by atoms with van der Waals surface area (Å²) in [5.41, 5.74) is 5.48. The number of hydrazine groups is 1. The van der Waals surface area contributed by atoms with Gasteiger partial charge in [0.05, 0.1) is 37.1 Å². The van der Waals surface area contributed by atoms with E-state index in [9.17, 15) is 22.4 Å². The van der Waals surface area contributed by atoms with Gasteiger partial charge in [-0.1, -0.05) is 6.42 Å². The summed E-state index contributed by atoms with van der Waals surface area (Å²) >= 11 is 0. The molecule has 2 aromatic rings. The summed E-state index contributed by atoms with van der Waals surface area (Å²) in [7, 11) is 2.06. The van der Waals surface area contributed by atoms with E-state index >= 15 is 0 Å². The standard InChI is InChI=1S/C26H36F4N6O2/c1-33-16-31-32-23(33)9-25(14-38-15-25)18-3-2-4-20(8-18)35-13-22-21(26(28,29)30)7-17(11-36(22)24(35)37)10-34-6-5-19(27)12-34/h7,11,13,18-20,23,31-32H,2-6,8-10,12,14-16H2,1H3/t18?,19-,20?,23?/m0/s1. The van der Waals surface area contributed by atoms with E-state index in [1.54, 1.807) is 4.90 Å². The van der Waals surface area contributed by atoms with Gasteiger partial charge in [0.15, 0.2) is 0 Å². The predicted molar refractivity (Wildman–Crippen MR) is 133 cm³/mol. The van der Waals surface area contributed by atoms with Crippen LogP contribution in [0.2, 0.25) is 0 Å². The van der Waals surface area contributed by atoms with Crippen molar-refractivity contribution in [1.29, 1.82) is 0 Å². The van der Waals surface area contributed by atoms with Crippen LogP contribution in [-0.2, 0) is 17.5 Å². The van der Waals surface area contributed by atoms with Gasteiger partial charge in [0.2, 0.25) is 0 Å². The molecule has 4 aliphatic rings. The first-order chi connectivity index (χ1) is 18.1. The largest absolute Gasteiger partial charge is 0.418 e. The Labute approximate surface area is 218 Å². The Morgan fingerprint density at radius 3 is 2.63 bits per heavy atom. The molecule has 1 saturated carbocycles. The maximum atomic E-state index is 14.1. The van der Waals surface area contributed by atoms with E-state index in [0.29, 0.717) is 37.7 Å². The van der Waals surface area contributed by atoms with Crippen LogP contribution in [0.1, 0.15) is 55.7 Å². The van der Waals surface area contributed by atoms with E-state index in [1.165, 1.54) is 17.0 Å². The normalized spacial score (nSPS) is 30.8. The average Bonchev–Trinajstić information content (AvgIpc) is 3.54. The van der Waals surface area contributed by atoms with Crippen molar-refractivity contribution in [2.45, 2.75) is 69.6 Å². The van der Waals surface area contributed by atoms with Gasteiger partial charge in [-0.05, 0) is 56.7 Å². The molecule has 5 heterocycles. The molecule has 1 aliphatic carbocycles. The van der Waals surface area contributed by atoms with E-state index in [1.807, 2.05) is 0 Å². The van der Waals surface area contributed by atoms with E-state index in [4.69, 9.17) is 4.74 Å². The van der Waals surface area contributed by atoms with Crippen LogP contribution in [-0.4, -0.2) is 71.1 Å². The van der Waals surface area contributed by atoms with Crippen LogP contribution in [0.4, 0.5) is 17.6 Å². The fourth-order valence-corrected chi connectivity index (χ4v) is 6.98. The maximum absolute atomic E-state index is 14.1. The zero-order valence-electron chi connectivity index (χ0n) is 21.6. The van der Waals surface area contributed by atoms with Crippen LogP contribution >= 0.6 is 0 Å². The number of hydrogen-bond acceptors (Lipinski definition) is 6. The highest BCUT2D eigenvalue weighted by molar-refractivity contribution is 5.56. The number of aromatic nitrogens is 2. The van der Waals surface area contributed by atoms with E-state index in [2.05, 4.69) is 22.8 Å². The van der Waals surface area contributed by atoms with Crippen LogP contribution in [0, 0.1) is 11.3 Å². The molecule has 2 aromatic heterocycles. The second kappa shape index (κ2) is 9.88. The number of alkyl halides is 4. The van der Waals surface area contributed by atoms with Crippen LogP contribution in [0.5, 0.6) is 0 Å². The summed E-state index contributed by atoms with van der Waals surface area (Å²) in [6, 6.07) is 0.954. The molecule has 3 aliphatic heterocycles. The average molecular weight is 541 g/mol. The molecule has 3 unspecified atom stereocenters. The van der Waals surface area contributed by atoms with Crippen molar-refractivity contribution in [3.63, 3.8) is 0 Å². The van der Waals surface area contributed by atoms with Gasteiger partial charge in [-0.2, -0.15) is 13.2 Å². The first-order valence-electron chi connectivity index (χ1n) is 13.6. The topological polar surface area (TPSA) is 66.2 Å². The Morgan fingerprint density at radius 1 is 1.18 bits per heavy atom. The number of ether oxygens (including phenoxy) is 1. The van der Waals surface area contributed by atoms with Gasteiger partial charge < -0.3 is 4.74 Å². The second-order valence-electron chi connectivity index (χ2n) is 11.8. The van der Waals surface area contributed by atoms with Gasteiger partial charge in [0.1, 0.15) is 6.17 Å². The van der Waals surface area contributed by atoms with E-state index < -0.39 is 23.6 Å². The monoisotopic (exact) mass is 540 g/mol. The highest BCUT2D eigenvalue weighted by atomic mass is 19.4. The van der Waals surface area contributed by atoms with Gasteiger partial charge >= 0.3 is 11.9 Å². The minimum Gasteiger partial charge on any atom is -0.380 e. The van der Waals surface area contributed by atoms with Crippen molar-refractivity contribution in [3.05, 3.63) is 40.1 Å². The predicted octanol–water partition coefficient (Wildman–Crippen LogP) is 3.12. The molecule has 0 bridgehead atoms. The van der Waals surface area contributed by atoms with Crippen molar-refractivity contribution in [1.82, 2.24) is 29.6 Å². The van der Waals surface area contributed by atoms with E-state index in [0.717, 1.165) is 49.2 Å². The smallest absolute Gasteiger partial charge is 0.380 e. The van der Waals surface area contributed by atoms with E-state index in [-0.39, 0.29) is 36.2 Å². The first kappa shape index (κ1) is 26.2. The molecule has 210 valence electrons. The number of hydrogen-bond donors (Lipinski definition) is 2. The number of halogens is 4. The molecule has 8 nitrogen and oxygen atoms in total. The van der Waals surface area contributed by atoms with Gasteiger partial charge in [-0.15, -0.1) is 0 Å². The third-order valence-electron chi connectivity index (χ3n) is 9.19. The Balaban J connectivity index is 1.29. The molecule has 0 spiro atoms. The second-order valence-corrected chi connectivity index (χ2v) is 11.8. The zero-order chi connectivity index (χ0) is 26.7. The Hall–Kier alpha value is -1.99. The van der Waals surface area contributed by atoms with Crippen LogP contribution < -0.4 is 16.5 Å². The minimum absolute atomic E-state index is 0.00626. The molecule has 4 atom stereocenters. The summed E-state index contributed by atoms with van der Waals surface area (Å²) in [6.07, 6.45) is 2.25. The minimum atomic E-state index is -4.61.